The number of aromatic nitrogens is 1. The maximum Gasteiger partial charge on any atom is 0.304 e. The van der Waals surface area contributed by atoms with Gasteiger partial charge in [-0.05, 0) is 44.5 Å². The average molecular weight is 286 g/mol. The topological polar surface area (TPSA) is 53.4 Å². The van der Waals surface area contributed by atoms with Crippen molar-refractivity contribution in [3.63, 3.8) is 0 Å². The van der Waals surface area contributed by atoms with Gasteiger partial charge in [-0.3, -0.25) is 14.7 Å². The average Bonchev–Trinajstić information content (AvgIpc) is 2.43. The van der Waals surface area contributed by atoms with Crippen molar-refractivity contribution in [2.75, 3.05) is 6.54 Å². The van der Waals surface area contributed by atoms with Crippen molar-refractivity contribution in [3.8, 4) is 0 Å². The highest BCUT2D eigenvalue weighted by Gasteiger charge is 2.12. The van der Waals surface area contributed by atoms with Gasteiger partial charge in [0, 0.05) is 30.2 Å². The van der Waals surface area contributed by atoms with Gasteiger partial charge >= 0.3 is 5.97 Å². The van der Waals surface area contributed by atoms with E-state index in [1.807, 2.05) is 19.1 Å². The van der Waals surface area contributed by atoms with E-state index < -0.39 is 5.97 Å². The molecule has 21 heavy (non-hydrogen) atoms. The van der Waals surface area contributed by atoms with Gasteiger partial charge in [0.2, 0.25) is 0 Å². The van der Waals surface area contributed by atoms with Crippen molar-refractivity contribution in [1.29, 1.82) is 0 Å². The molecule has 2 rings (SSSR count). The Morgan fingerprint density at radius 1 is 1.29 bits per heavy atom. The zero-order valence-electron chi connectivity index (χ0n) is 12.8. The molecule has 0 saturated carbocycles. The lowest BCUT2D eigenvalue weighted by atomic mass is 10.1. The van der Waals surface area contributed by atoms with Crippen LogP contribution in [0.1, 0.15) is 31.5 Å². The number of hydrogen-bond acceptors (Lipinski definition) is 3. The Bertz CT molecular complexity index is 638. The van der Waals surface area contributed by atoms with Crippen LogP contribution in [-0.2, 0) is 11.3 Å². The van der Waals surface area contributed by atoms with Crippen LogP contribution in [-0.4, -0.2) is 33.5 Å². The number of hydrogen-bond donors (Lipinski definition) is 1. The first kappa shape index (κ1) is 15.4. The number of carbonyl (C=O) groups is 1. The highest BCUT2D eigenvalue weighted by molar-refractivity contribution is 5.79. The predicted octanol–water partition coefficient (Wildman–Crippen LogP) is 3.23. The lowest BCUT2D eigenvalue weighted by molar-refractivity contribution is -0.137. The van der Waals surface area contributed by atoms with E-state index >= 15 is 0 Å². The summed E-state index contributed by atoms with van der Waals surface area (Å²) < 4.78 is 0. The number of rotatable bonds is 6. The number of nitrogens with zero attached hydrogens (tertiary/aromatic N) is 2. The Morgan fingerprint density at radius 3 is 2.71 bits per heavy atom. The van der Waals surface area contributed by atoms with Crippen molar-refractivity contribution in [2.24, 2.45) is 0 Å². The molecule has 2 aromatic rings. The molecule has 0 spiro atoms. The predicted molar refractivity (Wildman–Crippen MR) is 84.3 cm³/mol. The molecular formula is C17H22N2O2. The monoisotopic (exact) mass is 286 g/mol. The molecule has 4 nitrogen and oxygen atoms in total. The molecule has 0 saturated heterocycles. The number of benzene rings is 1. The van der Waals surface area contributed by atoms with Crippen molar-refractivity contribution in [3.05, 3.63) is 41.6 Å². The van der Waals surface area contributed by atoms with Gasteiger partial charge in [0.1, 0.15) is 0 Å². The molecule has 0 aliphatic carbocycles. The maximum atomic E-state index is 10.8. The first-order valence-electron chi connectivity index (χ1n) is 7.28. The molecule has 0 amide bonds. The minimum Gasteiger partial charge on any atom is -0.481 e. The van der Waals surface area contributed by atoms with E-state index in [0.29, 0.717) is 12.6 Å². The van der Waals surface area contributed by atoms with Gasteiger partial charge in [0.25, 0.3) is 0 Å². The molecule has 0 unspecified atom stereocenters. The minimum absolute atomic E-state index is 0.173. The summed E-state index contributed by atoms with van der Waals surface area (Å²) in [4.78, 5) is 17.4. The highest BCUT2D eigenvalue weighted by Crippen LogP contribution is 2.17. The van der Waals surface area contributed by atoms with Crippen molar-refractivity contribution in [2.45, 2.75) is 39.8 Å². The summed E-state index contributed by atoms with van der Waals surface area (Å²) in [5, 5.41) is 9.97. The van der Waals surface area contributed by atoms with E-state index in [1.165, 1.54) is 5.56 Å². The highest BCUT2D eigenvalue weighted by atomic mass is 16.4. The Hall–Kier alpha value is -1.94. The first-order valence-corrected chi connectivity index (χ1v) is 7.28. The number of fused-ring (bicyclic) bond motifs is 1. The molecule has 0 fully saturated rings. The van der Waals surface area contributed by atoms with E-state index in [4.69, 9.17) is 5.11 Å². The normalized spacial score (nSPS) is 11.5. The first-order chi connectivity index (χ1) is 9.95. The van der Waals surface area contributed by atoms with E-state index in [0.717, 1.165) is 23.1 Å². The number of aryl methyl sites for hydroxylation is 1. The van der Waals surface area contributed by atoms with Crippen LogP contribution >= 0.6 is 0 Å². The number of aliphatic carboxylic acids is 1. The lowest BCUT2D eigenvalue weighted by Gasteiger charge is -2.26. The Labute approximate surface area is 125 Å². The van der Waals surface area contributed by atoms with Crippen LogP contribution in [0.4, 0.5) is 0 Å². The van der Waals surface area contributed by atoms with Crippen LogP contribution in [0, 0.1) is 6.92 Å². The molecule has 0 aliphatic rings. The summed E-state index contributed by atoms with van der Waals surface area (Å²) in [6.45, 7) is 7.49. The van der Waals surface area contributed by atoms with Crippen LogP contribution < -0.4 is 0 Å². The lowest BCUT2D eigenvalue weighted by Crippen LogP contribution is -2.32. The van der Waals surface area contributed by atoms with Crippen molar-refractivity contribution < 1.29 is 9.90 Å². The van der Waals surface area contributed by atoms with Gasteiger partial charge in [-0.15, -0.1) is 0 Å². The van der Waals surface area contributed by atoms with Crippen molar-refractivity contribution in [1.82, 2.24) is 9.88 Å². The van der Waals surface area contributed by atoms with Crippen LogP contribution in [0.25, 0.3) is 10.9 Å². The Balaban J connectivity index is 2.16. The molecule has 0 radical (unpaired) electrons. The molecule has 0 atom stereocenters. The SMILES string of the molecule is Cc1ccc2cc(CN(CCC(=O)O)C(C)C)ccc2n1. The third kappa shape index (κ3) is 4.26. The summed E-state index contributed by atoms with van der Waals surface area (Å²) in [5.41, 5.74) is 3.20. The van der Waals surface area contributed by atoms with E-state index in [1.54, 1.807) is 0 Å². The second kappa shape index (κ2) is 6.68. The largest absolute Gasteiger partial charge is 0.481 e. The number of carboxylic acid groups (broad SMARTS) is 1. The van der Waals surface area contributed by atoms with Crippen LogP contribution in [0.15, 0.2) is 30.3 Å². The second-order valence-corrected chi connectivity index (χ2v) is 5.69. The zero-order chi connectivity index (χ0) is 15.4. The molecule has 0 aliphatic heterocycles. The molecule has 112 valence electrons. The second-order valence-electron chi connectivity index (χ2n) is 5.69. The zero-order valence-corrected chi connectivity index (χ0v) is 12.8. The summed E-state index contributed by atoms with van der Waals surface area (Å²) in [5.74, 6) is -0.751. The fraction of sp³-hybridized carbons (Fsp3) is 0.412. The molecule has 0 bridgehead atoms. The van der Waals surface area contributed by atoms with Crippen molar-refractivity contribution >= 4 is 16.9 Å². The number of carboxylic acids is 1. The smallest absolute Gasteiger partial charge is 0.304 e. The molecule has 1 aromatic carbocycles. The van der Waals surface area contributed by atoms with Gasteiger partial charge in [-0.1, -0.05) is 12.1 Å². The maximum absolute atomic E-state index is 10.8. The van der Waals surface area contributed by atoms with Gasteiger partial charge in [-0.25, -0.2) is 0 Å². The van der Waals surface area contributed by atoms with Gasteiger partial charge in [0.15, 0.2) is 0 Å². The van der Waals surface area contributed by atoms with E-state index in [9.17, 15) is 4.79 Å². The summed E-state index contributed by atoms with van der Waals surface area (Å²) >= 11 is 0. The van der Waals surface area contributed by atoms with Gasteiger partial charge < -0.3 is 5.11 Å². The molecule has 1 N–H and O–H groups in total. The fourth-order valence-electron chi connectivity index (χ4n) is 2.37. The summed E-state index contributed by atoms with van der Waals surface area (Å²) in [6, 6.07) is 10.7. The van der Waals surface area contributed by atoms with E-state index in [-0.39, 0.29) is 6.42 Å². The summed E-state index contributed by atoms with van der Waals surface area (Å²) in [7, 11) is 0. The molecular weight excluding hydrogens is 264 g/mol. The van der Waals surface area contributed by atoms with Crippen LogP contribution in [0.2, 0.25) is 0 Å². The Morgan fingerprint density at radius 2 is 2.05 bits per heavy atom. The summed E-state index contributed by atoms with van der Waals surface area (Å²) in [6.07, 6.45) is 0.173. The van der Waals surface area contributed by atoms with Crippen LogP contribution in [0.5, 0.6) is 0 Å². The van der Waals surface area contributed by atoms with Crippen LogP contribution in [0.3, 0.4) is 0 Å². The molecule has 1 aromatic heterocycles. The quantitative estimate of drug-likeness (QED) is 0.886. The third-order valence-corrected chi connectivity index (χ3v) is 3.62. The molecule has 4 heteroatoms. The fourth-order valence-corrected chi connectivity index (χ4v) is 2.37. The van der Waals surface area contributed by atoms with Gasteiger partial charge in [-0.2, -0.15) is 0 Å². The minimum atomic E-state index is -0.751. The molecule has 1 heterocycles. The Kier molecular flexibility index (Phi) is 4.91. The third-order valence-electron chi connectivity index (χ3n) is 3.62. The van der Waals surface area contributed by atoms with Gasteiger partial charge in [0.05, 0.1) is 11.9 Å². The standard InChI is InChI=1S/C17H22N2O2/c1-12(2)19(9-8-17(20)21)11-14-5-7-16-15(10-14)6-4-13(3)18-16/h4-7,10,12H,8-9,11H2,1-3H3,(H,20,21). The number of pyridine rings is 1. The van der Waals surface area contributed by atoms with E-state index in [2.05, 4.69) is 41.9 Å².